The molecule has 150 valence electrons. The zero-order chi connectivity index (χ0) is 21.0. The van der Waals surface area contributed by atoms with Crippen LogP contribution in [0.25, 0.3) is 0 Å². The first-order valence-corrected chi connectivity index (χ1v) is 10.1. The molecule has 0 spiro atoms. The first kappa shape index (κ1) is 23.6. The quantitative estimate of drug-likeness (QED) is 0.240. The molecule has 0 aromatic heterocycles. The normalized spacial score (nSPS) is 19.7. The van der Waals surface area contributed by atoms with Gasteiger partial charge in [0, 0.05) is 0 Å². The van der Waals surface area contributed by atoms with Crippen LogP contribution in [0.4, 0.5) is 0 Å². The highest BCUT2D eigenvalue weighted by Gasteiger charge is 2.26. The van der Waals surface area contributed by atoms with Crippen molar-refractivity contribution < 1.29 is 4.79 Å². The zero-order valence-electron chi connectivity index (χ0n) is 18.5. The SMILES string of the molecule is CC1=C(/C=C/C(C)=C\C=C\C(C)=C\C=C\C=C(C)\C=C\C=O)C(C)(C)CCC1. The van der Waals surface area contributed by atoms with Gasteiger partial charge < -0.3 is 0 Å². The van der Waals surface area contributed by atoms with Crippen molar-refractivity contribution in [2.24, 2.45) is 5.41 Å². The fraction of sp³-hybridized carbons (Fsp3) is 0.370. The van der Waals surface area contributed by atoms with Crippen molar-refractivity contribution in [2.75, 3.05) is 0 Å². The van der Waals surface area contributed by atoms with Crippen LogP contribution in [0.3, 0.4) is 0 Å². The highest BCUT2D eigenvalue weighted by atomic mass is 16.1. The molecule has 0 bridgehead atoms. The minimum atomic E-state index is 0.288. The minimum Gasteiger partial charge on any atom is -0.299 e. The van der Waals surface area contributed by atoms with Gasteiger partial charge in [-0.3, -0.25) is 4.79 Å². The van der Waals surface area contributed by atoms with E-state index in [4.69, 9.17) is 0 Å². The van der Waals surface area contributed by atoms with Gasteiger partial charge in [-0.2, -0.15) is 0 Å². The molecule has 0 amide bonds. The first-order valence-electron chi connectivity index (χ1n) is 10.1. The number of aldehydes is 1. The smallest absolute Gasteiger partial charge is 0.142 e. The summed E-state index contributed by atoms with van der Waals surface area (Å²) in [6, 6.07) is 0. The average molecular weight is 377 g/mol. The minimum absolute atomic E-state index is 0.288. The molecular weight excluding hydrogens is 340 g/mol. The van der Waals surface area contributed by atoms with Gasteiger partial charge in [0.2, 0.25) is 0 Å². The third-order valence-electron chi connectivity index (χ3n) is 5.04. The van der Waals surface area contributed by atoms with Gasteiger partial charge in [-0.15, -0.1) is 0 Å². The monoisotopic (exact) mass is 376 g/mol. The van der Waals surface area contributed by atoms with Gasteiger partial charge in [0.15, 0.2) is 0 Å². The summed E-state index contributed by atoms with van der Waals surface area (Å²) in [6.07, 6.45) is 26.8. The molecule has 0 aromatic rings. The molecule has 0 radical (unpaired) electrons. The van der Waals surface area contributed by atoms with E-state index in [1.807, 2.05) is 25.2 Å². The van der Waals surface area contributed by atoms with Crippen molar-refractivity contribution in [1.82, 2.24) is 0 Å². The van der Waals surface area contributed by atoms with E-state index in [-0.39, 0.29) is 5.41 Å². The van der Waals surface area contributed by atoms with Crippen LogP contribution >= 0.6 is 0 Å². The zero-order valence-corrected chi connectivity index (χ0v) is 18.5. The van der Waals surface area contributed by atoms with Crippen molar-refractivity contribution in [3.63, 3.8) is 0 Å². The summed E-state index contributed by atoms with van der Waals surface area (Å²) in [6.45, 7) is 13.2. The highest BCUT2D eigenvalue weighted by molar-refractivity contribution is 5.65. The maximum absolute atomic E-state index is 10.3. The molecule has 1 aliphatic carbocycles. The van der Waals surface area contributed by atoms with E-state index in [2.05, 4.69) is 71.1 Å². The lowest BCUT2D eigenvalue weighted by Crippen LogP contribution is -2.19. The lowest BCUT2D eigenvalue weighted by molar-refractivity contribution is -0.104. The Labute approximate surface area is 172 Å². The maximum Gasteiger partial charge on any atom is 0.142 e. The summed E-state index contributed by atoms with van der Waals surface area (Å²) in [5.74, 6) is 0. The van der Waals surface area contributed by atoms with Crippen molar-refractivity contribution in [1.29, 1.82) is 0 Å². The summed E-state index contributed by atoms with van der Waals surface area (Å²) < 4.78 is 0. The van der Waals surface area contributed by atoms with E-state index in [0.717, 1.165) is 11.9 Å². The molecule has 1 nitrogen and oxygen atoms in total. The average Bonchev–Trinajstić information content (AvgIpc) is 2.62. The third kappa shape index (κ3) is 8.99. The van der Waals surface area contributed by atoms with E-state index < -0.39 is 0 Å². The lowest BCUT2D eigenvalue weighted by Gasteiger charge is -2.32. The Bertz CT molecular complexity index is 771. The largest absolute Gasteiger partial charge is 0.299 e. The van der Waals surface area contributed by atoms with Gasteiger partial charge in [0.05, 0.1) is 0 Å². The van der Waals surface area contributed by atoms with E-state index in [0.29, 0.717) is 0 Å². The van der Waals surface area contributed by atoms with Gasteiger partial charge in [-0.05, 0) is 64.0 Å². The van der Waals surface area contributed by atoms with Gasteiger partial charge in [-0.25, -0.2) is 0 Å². The number of hydrogen-bond acceptors (Lipinski definition) is 1. The second-order valence-corrected chi connectivity index (χ2v) is 8.24. The number of hydrogen-bond donors (Lipinski definition) is 0. The van der Waals surface area contributed by atoms with Crippen molar-refractivity contribution in [2.45, 2.75) is 60.8 Å². The molecule has 0 saturated heterocycles. The Kier molecular flexibility index (Phi) is 10.2. The summed E-state index contributed by atoms with van der Waals surface area (Å²) in [5.41, 5.74) is 6.81. The van der Waals surface area contributed by atoms with Crippen LogP contribution < -0.4 is 0 Å². The number of rotatable bonds is 8. The van der Waals surface area contributed by atoms with E-state index in [1.54, 1.807) is 6.08 Å². The summed E-state index contributed by atoms with van der Waals surface area (Å²) in [7, 11) is 0. The fourth-order valence-electron chi connectivity index (χ4n) is 3.35. The van der Waals surface area contributed by atoms with Crippen LogP contribution in [-0.2, 0) is 4.79 Å². The number of carbonyl (C=O) groups is 1. The van der Waals surface area contributed by atoms with Crippen LogP contribution in [0.2, 0.25) is 0 Å². The lowest BCUT2D eigenvalue weighted by atomic mass is 9.72. The molecular formula is C27H36O. The van der Waals surface area contributed by atoms with Gasteiger partial charge >= 0.3 is 0 Å². The molecule has 1 heteroatoms. The molecule has 0 heterocycles. The molecule has 0 N–H and O–H groups in total. The number of allylic oxidation sites excluding steroid dienone is 16. The van der Waals surface area contributed by atoms with E-state index in [1.165, 1.54) is 47.6 Å². The van der Waals surface area contributed by atoms with Crippen LogP contribution in [0.5, 0.6) is 0 Å². The van der Waals surface area contributed by atoms with Crippen molar-refractivity contribution >= 4 is 6.29 Å². The highest BCUT2D eigenvalue weighted by Crippen LogP contribution is 2.40. The second-order valence-electron chi connectivity index (χ2n) is 8.24. The molecule has 0 fully saturated rings. The van der Waals surface area contributed by atoms with Crippen molar-refractivity contribution in [3.05, 3.63) is 94.7 Å². The predicted octanol–water partition coefficient (Wildman–Crippen LogP) is 7.78. The fourth-order valence-corrected chi connectivity index (χ4v) is 3.35. The van der Waals surface area contributed by atoms with Gasteiger partial charge in [0.1, 0.15) is 6.29 Å². The van der Waals surface area contributed by atoms with E-state index >= 15 is 0 Å². The Balaban J connectivity index is 2.67. The first-order chi connectivity index (χ1) is 13.3. The molecule has 0 aliphatic heterocycles. The second kappa shape index (κ2) is 12.1. The van der Waals surface area contributed by atoms with Gasteiger partial charge in [-0.1, -0.05) is 96.9 Å². The Morgan fingerprint density at radius 1 is 0.821 bits per heavy atom. The Hall–Kier alpha value is -2.41. The Morgan fingerprint density at radius 3 is 1.93 bits per heavy atom. The number of carbonyl (C=O) groups excluding carboxylic acids is 1. The third-order valence-corrected chi connectivity index (χ3v) is 5.04. The van der Waals surface area contributed by atoms with Crippen molar-refractivity contribution in [3.8, 4) is 0 Å². The van der Waals surface area contributed by atoms with Crippen LogP contribution in [-0.4, -0.2) is 6.29 Å². The topological polar surface area (TPSA) is 17.1 Å². The summed E-state index contributed by atoms with van der Waals surface area (Å²) >= 11 is 0. The Morgan fingerprint density at radius 2 is 1.36 bits per heavy atom. The summed E-state index contributed by atoms with van der Waals surface area (Å²) in [5, 5.41) is 0. The molecule has 1 aliphatic rings. The summed E-state index contributed by atoms with van der Waals surface area (Å²) in [4.78, 5) is 10.3. The van der Waals surface area contributed by atoms with E-state index in [9.17, 15) is 4.79 Å². The van der Waals surface area contributed by atoms with Crippen LogP contribution in [0.15, 0.2) is 94.7 Å². The maximum atomic E-state index is 10.3. The van der Waals surface area contributed by atoms with Crippen LogP contribution in [0.1, 0.15) is 60.8 Å². The molecule has 28 heavy (non-hydrogen) atoms. The molecule has 1 rings (SSSR count). The molecule has 0 saturated carbocycles. The van der Waals surface area contributed by atoms with Crippen LogP contribution in [0, 0.1) is 5.41 Å². The van der Waals surface area contributed by atoms with Gasteiger partial charge in [0.25, 0.3) is 0 Å². The molecule has 0 atom stereocenters. The molecule has 0 aromatic carbocycles. The standard InChI is InChI=1S/C27H36O/c1-22(12-7-8-13-23(2)16-11-21-28)14-9-15-24(3)18-19-26-25(4)17-10-20-27(26,5)6/h7-9,11-16,18-19,21H,10,17,20H2,1-6H3/b8-7+,14-9+,16-11+,19-18+,22-12+,23-13+,24-15-. The molecule has 0 unspecified atom stereocenters. The predicted molar refractivity (Wildman–Crippen MR) is 124 cm³/mol.